The minimum atomic E-state index is 0.543. The summed E-state index contributed by atoms with van der Waals surface area (Å²) in [6.45, 7) is 0.543. The molecule has 1 aromatic heterocycles. The van der Waals surface area contributed by atoms with Crippen LogP contribution in [0.15, 0.2) is 30.7 Å². The molecule has 2 rings (SSSR count). The topological polar surface area (TPSA) is 27.1 Å². The summed E-state index contributed by atoms with van der Waals surface area (Å²) >= 11 is 12.2. The maximum absolute atomic E-state index is 6.08. The van der Waals surface area contributed by atoms with Crippen molar-refractivity contribution in [2.45, 2.75) is 6.54 Å². The molecule has 16 heavy (non-hydrogen) atoms. The number of benzene rings is 1. The SMILES string of the molecule is COc1cncn1Cc1c(Cl)cccc1Cl. The number of rotatable bonds is 3. The van der Waals surface area contributed by atoms with Gasteiger partial charge in [-0.15, -0.1) is 0 Å². The fourth-order valence-corrected chi connectivity index (χ4v) is 1.97. The Bertz CT molecular complexity index is 476. The highest BCUT2D eigenvalue weighted by Crippen LogP contribution is 2.26. The maximum Gasteiger partial charge on any atom is 0.213 e. The molecule has 0 aliphatic heterocycles. The molecule has 3 nitrogen and oxygen atoms in total. The van der Waals surface area contributed by atoms with Crippen molar-refractivity contribution in [1.82, 2.24) is 9.55 Å². The molecule has 1 heterocycles. The van der Waals surface area contributed by atoms with E-state index in [2.05, 4.69) is 4.98 Å². The molecule has 0 bridgehead atoms. The molecule has 0 spiro atoms. The van der Waals surface area contributed by atoms with Crippen molar-refractivity contribution >= 4 is 23.2 Å². The molecule has 0 saturated heterocycles. The van der Waals surface area contributed by atoms with E-state index in [-0.39, 0.29) is 0 Å². The minimum Gasteiger partial charge on any atom is -0.481 e. The number of nitrogens with zero attached hydrogens (tertiary/aromatic N) is 2. The molecule has 0 fully saturated rings. The zero-order chi connectivity index (χ0) is 11.5. The average Bonchev–Trinajstić information content (AvgIpc) is 2.71. The van der Waals surface area contributed by atoms with Gasteiger partial charge in [-0.2, -0.15) is 0 Å². The van der Waals surface area contributed by atoms with Gasteiger partial charge in [-0.1, -0.05) is 29.3 Å². The summed E-state index contributed by atoms with van der Waals surface area (Å²) in [6, 6.07) is 5.44. The Morgan fingerprint density at radius 3 is 2.62 bits per heavy atom. The van der Waals surface area contributed by atoms with Crippen LogP contribution in [0.2, 0.25) is 10.0 Å². The predicted molar refractivity (Wildman–Crippen MR) is 64.3 cm³/mol. The van der Waals surface area contributed by atoms with Crippen molar-refractivity contribution in [3.8, 4) is 5.88 Å². The molecule has 0 amide bonds. The second-order valence-corrected chi connectivity index (χ2v) is 4.08. The Kier molecular flexibility index (Phi) is 3.36. The van der Waals surface area contributed by atoms with Gasteiger partial charge in [-0.05, 0) is 12.1 Å². The Balaban J connectivity index is 2.34. The van der Waals surface area contributed by atoms with Gasteiger partial charge in [0.15, 0.2) is 0 Å². The number of ether oxygens (including phenoxy) is 1. The molecule has 5 heteroatoms. The fourth-order valence-electron chi connectivity index (χ4n) is 1.45. The third-order valence-corrected chi connectivity index (χ3v) is 2.98. The number of imidazole rings is 1. The van der Waals surface area contributed by atoms with E-state index in [1.54, 1.807) is 19.6 Å². The summed E-state index contributed by atoms with van der Waals surface area (Å²) < 4.78 is 6.99. The molecular formula is C11H10Cl2N2O. The Labute approximate surface area is 104 Å². The summed E-state index contributed by atoms with van der Waals surface area (Å²) in [6.07, 6.45) is 3.32. The van der Waals surface area contributed by atoms with Crippen LogP contribution in [0.25, 0.3) is 0 Å². The van der Waals surface area contributed by atoms with E-state index in [1.807, 2.05) is 22.8 Å². The van der Waals surface area contributed by atoms with Gasteiger partial charge in [0, 0.05) is 15.6 Å². The van der Waals surface area contributed by atoms with Gasteiger partial charge in [0.05, 0.1) is 26.2 Å². The normalized spacial score (nSPS) is 10.4. The van der Waals surface area contributed by atoms with Gasteiger partial charge in [0.25, 0.3) is 0 Å². The van der Waals surface area contributed by atoms with Crippen molar-refractivity contribution in [2.75, 3.05) is 7.11 Å². The lowest BCUT2D eigenvalue weighted by molar-refractivity contribution is 0.377. The van der Waals surface area contributed by atoms with Gasteiger partial charge in [0.1, 0.15) is 0 Å². The smallest absolute Gasteiger partial charge is 0.213 e. The first-order chi connectivity index (χ1) is 7.72. The Morgan fingerprint density at radius 1 is 1.31 bits per heavy atom. The van der Waals surface area contributed by atoms with Crippen molar-refractivity contribution in [2.24, 2.45) is 0 Å². The largest absolute Gasteiger partial charge is 0.481 e. The van der Waals surface area contributed by atoms with E-state index in [0.29, 0.717) is 22.5 Å². The molecule has 0 aliphatic carbocycles. The lowest BCUT2D eigenvalue weighted by Gasteiger charge is -2.09. The molecule has 2 aromatic rings. The number of hydrogen-bond donors (Lipinski definition) is 0. The van der Waals surface area contributed by atoms with Crippen LogP contribution in [0.5, 0.6) is 5.88 Å². The lowest BCUT2D eigenvalue weighted by atomic mass is 10.2. The van der Waals surface area contributed by atoms with Crippen LogP contribution in [0, 0.1) is 0 Å². The standard InChI is InChI=1S/C11H10Cl2N2O/c1-16-11-5-14-7-15(11)6-8-9(12)3-2-4-10(8)13/h2-5,7H,6H2,1H3. The van der Waals surface area contributed by atoms with Crippen molar-refractivity contribution in [1.29, 1.82) is 0 Å². The number of halogens is 2. The van der Waals surface area contributed by atoms with E-state index >= 15 is 0 Å². The van der Waals surface area contributed by atoms with E-state index in [1.165, 1.54) is 0 Å². The molecule has 0 saturated carbocycles. The van der Waals surface area contributed by atoms with Crippen LogP contribution < -0.4 is 4.74 Å². The number of hydrogen-bond acceptors (Lipinski definition) is 2. The molecule has 0 atom stereocenters. The van der Waals surface area contributed by atoms with E-state index in [9.17, 15) is 0 Å². The molecule has 0 N–H and O–H groups in total. The van der Waals surface area contributed by atoms with Crippen LogP contribution in [-0.4, -0.2) is 16.7 Å². The highest BCUT2D eigenvalue weighted by Gasteiger charge is 2.08. The highest BCUT2D eigenvalue weighted by atomic mass is 35.5. The fraction of sp³-hybridized carbons (Fsp3) is 0.182. The summed E-state index contributed by atoms with van der Waals surface area (Å²) in [5.74, 6) is 0.677. The predicted octanol–water partition coefficient (Wildman–Crippen LogP) is 3.25. The first-order valence-electron chi connectivity index (χ1n) is 4.69. The molecule has 0 radical (unpaired) electrons. The maximum atomic E-state index is 6.08. The lowest BCUT2D eigenvalue weighted by Crippen LogP contribution is -2.02. The second kappa shape index (κ2) is 4.76. The molecule has 0 aliphatic rings. The van der Waals surface area contributed by atoms with Crippen LogP contribution >= 0.6 is 23.2 Å². The molecular weight excluding hydrogens is 247 g/mol. The van der Waals surface area contributed by atoms with Gasteiger partial charge in [-0.3, -0.25) is 4.57 Å². The third-order valence-electron chi connectivity index (χ3n) is 2.27. The average molecular weight is 257 g/mol. The Hall–Kier alpha value is -1.19. The van der Waals surface area contributed by atoms with E-state index in [4.69, 9.17) is 27.9 Å². The van der Waals surface area contributed by atoms with Crippen molar-refractivity contribution in [3.63, 3.8) is 0 Å². The quantitative estimate of drug-likeness (QED) is 0.843. The van der Waals surface area contributed by atoms with Crippen LogP contribution in [0.3, 0.4) is 0 Å². The van der Waals surface area contributed by atoms with Crippen LogP contribution in [0.1, 0.15) is 5.56 Å². The number of methoxy groups -OCH3 is 1. The molecule has 84 valence electrons. The monoisotopic (exact) mass is 256 g/mol. The van der Waals surface area contributed by atoms with Crippen molar-refractivity contribution < 1.29 is 4.74 Å². The van der Waals surface area contributed by atoms with Crippen LogP contribution in [-0.2, 0) is 6.54 Å². The summed E-state index contributed by atoms with van der Waals surface area (Å²) in [5, 5.41) is 1.28. The van der Waals surface area contributed by atoms with Gasteiger partial charge < -0.3 is 4.74 Å². The molecule has 1 aromatic carbocycles. The summed E-state index contributed by atoms with van der Waals surface area (Å²) in [5.41, 5.74) is 0.863. The zero-order valence-electron chi connectivity index (χ0n) is 8.65. The summed E-state index contributed by atoms with van der Waals surface area (Å²) in [4.78, 5) is 4.00. The Morgan fingerprint density at radius 2 is 2.00 bits per heavy atom. The first-order valence-corrected chi connectivity index (χ1v) is 5.45. The summed E-state index contributed by atoms with van der Waals surface area (Å²) in [7, 11) is 1.60. The second-order valence-electron chi connectivity index (χ2n) is 3.26. The van der Waals surface area contributed by atoms with E-state index < -0.39 is 0 Å². The first kappa shape index (κ1) is 11.3. The highest BCUT2D eigenvalue weighted by molar-refractivity contribution is 6.35. The van der Waals surface area contributed by atoms with E-state index in [0.717, 1.165) is 5.56 Å². The van der Waals surface area contributed by atoms with Gasteiger partial charge in [0.2, 0.25) is 5.88 Å². The third kappa shape index (κ3) is 2.15. The van der Waals surface area contributed by atoms with Gasteiger partial charge >= 0.3 is 0 Å². The molecule has 0 unspecified atom stereocenters. The number of aromatic nitrogens is 2. The van der Waals surface area contributed by atoms with Crippen LogP contribution in [0.4, 0.5) is 0 Å². The zero-order valence-corrected chi connectivity index (χ0v) is 10.2. The van der Waals surface area contributed by atoms with Gasteiger partial charge in [-0.25, -0.2) is 4.98 Å². The van der Waals surface area contributed by atoms with Crippen molar-refractivity contribution in [3.05, 3.63) is 46.3 Å². The minimum absolute atomic E-state index is 0.543.